The SMILES string of the molecule is CC1CC(Cn2cnc3cc(-c4cn[nH]c4)ccc32)CCN1C(=O)CCc1ccccc1. The Kier molecular flexibility index (Phi) is 5.75. The van der Waals surface area contributed by atoms with Crippen LogP contribution >= 0.6 is 0 Å². The molecule has 4 aromatic rings. The van der Waals surface area contributed by atoms with E-state index in [0.29, 0.717) is 12.3 Å². The molecule has 3 heterocycles. The first kappa shape index (κ1) is 20.5. The average molecular weight is 428 g/mol. The van der Waals surface area contributed by atoms with E-state index >= 15 is 0 Å². The zero-order valence-electron chi connectivity index (χ0n) is 18.4. The van der Waals surface area contributed by atoms with E-state index in [1.165, 1.54) is 5.56 Å². The summed E-state index contributed by atoms with van der Waals surface area (Å²) in [5.41, 5.74) is 5.58. The number of aryl methyl sites for hydroxylation is 1. The smallest absolute Gasteiger partial charge is 0.223 e. The van der Waals surface area contributed by atoms with Crippen LogP contribution in [0.1, 0.15) is 31.7 Å². The van der Waals surface area contributed by atoms with Gasteiger partial charge in [-0.15, -0.1) is 0 Å². The summed E-state index contributed by atoms with van der Waals surface area (Å²) in [5.74, 6) is 0.828. The van der Waals surface area contributed by atoms with Crippen LogP contribution in [-0.4, -0.2) is 43.1 Å². The standard InChI is InChI=1S/C26H29N5O/c1-19-13-21(11-12-31(19)26(32)10-7-20-5-3-2-4-6-20)17-30-18-27-24-14-22(8-9-25(24)30)23-15-28-29-16-23/h2-6,8-9,14-16,18-19,21H,7,10-13,17H2,1H3,(H,28,29). The second-order valence-corrected chi connectivity index (χ2v) is 8.90. The van der Waals surface area contributed by atoms with Crippen molar-refractivity contribution in [2.45, 2.75) is 45.2 Å². The van der Waals surface area contributed by atoms with Crippen LogP contribution in [0.5, 0.6) is 0 Å². The number of imidazole rings is 1. The molecule has 1 aliphatic heterocycles. The van der Waals surface area contributed by atoms with Gasteiger partial charge in [-0.2, -0.15) is 5.10 Å². The van der Waals surface area contributed by atoms with E-state index in [0.717, 1.165) is 54.5 Å². The number of carbonyl (C=O) groups excluding carboxylic acids is 1. The van der Waals surface area contributed by atoms with Gasteiger partial charge < -0.3 is 9.47 Å². The molecular formula is C26H29N5O. The first-order valence-electron chi connectivity index (χ1n) is 11.4. The first-order chi connectivity index (χ1) is 15.7. The third-order valence-electron chi connectivity index (χ3n) is 6.68. The molecule has 0 saturated carbocycles. The lowest BCUT2D eigenvalue weighted by Gasteiger charge is -2.38. The van der Waals surface area contributed by atoms with Gasteiger partial charge in [0.15, 0.2) is 0 Å². The number of aromatic nitrogens is 4. The first-order valence-corrected chi connectivity index (χ1v) is 11.4. The molecule has 1 fully saturated rings. The number of fused-ring (bicyclic) bond motifs is 1. The molecule has 2 atom stereocenters. The summed E-state index contributed by atoms with van der Waals surface area (Å²) in [6.07, 6.45) is 9.14. The minimum Gasteiger partial charge on any atom is -0.340 e. The van der Waals surface area contributed by atoms with Gasteiger partial charge in [0, 0.05) is 37.3 Å². The zero-order valence-corrected chi connectivity index (χ0v) is 18.4. The number of H-pyrrole nitrogens is 1. The molecule has 0 bridgehead atoms. The Hall–Kier alpha value is -3.41. The largest absolute Gasteiger partial charge is 0.340 e. The van der Waals surface area contributed by atoms with Gasteiger partial charge in [-0.25, -0.2) is 4.98 Å². The number of amides is 1. The number of nitrogens with one attached hydrogen (secondary N) is 1. The third kappa shape index (κ3) is 4.31. The molecule has 1 saturated heterocycles. The summed E-state index contributed by atoms with van der Waals surface area (Å²) in [6, 6.07) is 16.9. The Labute approximate surface area is 188 Å². The van der Waals surface area contributed by atoms with Crippen LogP contribution in [0.25, 0.3) is 22.2 Å². The monoisotopic (exact) mass is 427 g/mol. The molecule has 0 spiro atoms. The lowest BCUT2D eigenvalue weighted by molar-refractivity contribution is -0.135. The molecule has 32 heavy (non-hydrogen) atoms. The highest BCUT2D eigenvalue weighted by molar-refractivity contribution is 5.81. The fourth-order valence-electron chi connectivity index (χ4n) is 4.92. The maximum Gasteiger partial charge on any atom is 0.223 e. The van der Waals surface area contributed by atoms with Crippen LogP contribution in [0.3, 0.4) is 0 Å². The fourth-order valence-corrected chi connectivity index (χ4v) is 4.92. The Bertz CT molecular complexity index is 1180. The molecule has 0 aliphatic carbocycles. The van der Waals surface area contributed by atoms with Crippen molar-refractivity contribution < 1.29 is 4.79 Å². The zero-order chi connectivity index (χ0) is 21.9. The lowest BCUT2D eigenvalue weighted by Crippen LogP contribution is -2.45. The fraction of sp³-hybridized carbons (Fsp3) is 0.346. The van der Waals surface area contributed by atoms with E-state index < -0.39 is 0 Å². The topological polar surface area (TPSA) is 66.8 Å². The molecule has 2 unspecified atom stereocenters. The summed E-state index contributed by atoms with van der Waals surface area (Å²) >= 11 is 0. The van der Waals surface area contributed by atoms with E-state index in [1.807, 2.05) is 36.9 Å². The van der Waals surface area contributed by atoms with Gasteiger partial charge in [-0.1, -0.05) is 36.4 Å². The average Bonchev–Trinajstić information content (AvgIpc) is 3.49. The Morgan fingerprint density at radius 3 is 2.81 bits per heavy atom. The van der Waals surface area contributed by atoms with E-state index in [-0.39, 0.29) is 11.9 Å². The third-order valence-corrected chi connectivity index (χ3v) is 6.68. The maximum atomic E-state index is 12.8. The molecule has 6 nitrogen and oxygen atoms in total. The Morgan fingerprint density at radius 2 is 2.03 bits per heavy atom. The van der Waals surface area contributed by atoms with Crippen molar-refractivity contribution in [3.05, 3.63) is 72.8 Å². The Morgan fingerprint density at radius 1 is 1.16 bits per heavy atom. The van der Waals surface area contributed by atoms with E-state index in [1.54, 1.807) is 0 Å². The molecule has 1 amide bonds. The molecule has 2 aromatic carbocycles. The van der Waals surface area contributed by atoms with Crippen molar-refractivity contribution in [2.24, 2.45) is 5.92 Å². The molecule has 5 rings (SSSR count). The molecule has 1 aliphatic rings. The van der Waals surface area contributed by atoms with Crippen LogP contribution in [0.2, 0.25) is 0 Å². The number of likely N-dealkylation sites (tertiary alicyclic amines) is 1. The highest BCUT2D eigenvalue weighted by Gasteiger charge is 2.28. The number of benzene rings is 2. The van der Waals surface area contributed by atoms with Crippen LogP contribution < -0.4 is 0 Å². The summed E-state index contributed by atoms with van der Waals surface area (Å²) < 4.78 is 2.26. The van der Waals surface area contributed by atoms with Gasteiger partial charge in [-0.05, 0) is 55.4 Å². The minimum absolute atomic E-state index is 0.277. The normalized spacial score (nSPS) is 18.8. The summed E-state index contributed by atoms with van der Waals surface area (Å²) in [7, 11) is 0. The van der Waals surface area contributed by atoms with Gasteiger partial charge >= 0.3 is 0 Å². The number of rotatable bonds is 6. The van der Waals surface area contributed by atoms with Crippen molar-refractivity contribution in [3.8, 4) is 11.1 Å². The second-order valence-electron chi connectivity index (χ2n) is 8.90. The van der Waals surface area contributed by atoms with Crippen LogP contribution in [0, 0.1) is 5.92 Å². The van der Waals surface area contributed by atoms with E-state index in [4.69, 9.17) is 0 Å². The summed E-state index contributed by atoms with van der Waals surface area (Å²) in [5, 5.41) is 6.90. The number of aromatic amines is 1. The molecular weight excluding hydrogens is 398 g/mol. The second kappa shape index (κ2) is 8.99. The lowest BCUT2D eigenvalue weighted by atomic mass is 9.91. The predicted molar refractivity (Wildman–Crippen MR) is 126 cm³/mol. The van der Waals surface area contributed by atoms with Crippen molar-refractivity contribution in [1.82, 2.24) is 24.6 Å². The molecule has 0 radical (unpaired) electrons. The van der Waals surface area contributed by atoms with Crippen molar-refractivity contribution in [1.29, 1.82) is 0 Å². The van der Waals surface area contributed by atoms with E-state index in [2.05, 4.69) is 61.9 Å². The van der Waals surface area contributed by atoms with Gasteiger partial charge in [0.2, 0.25) is 5.91 Å². The molecule has 6 heteroatoms. The number of hydrogen-bond acceptors (Lipinski definition) is 3. The van der Waals surface area contributed by atoms with Gasteiger partial charge in [0.1, 0.15) is 0 Å². The maximum absolute atomic E-state index is 12.8. The number of carbonyl (C=O) groups is 1. The quantitative estimate of drug-likeness (QED) is 0.486. The van der Waals surface area contributed by atoms with Gasteiger partial charge in [0.25, 0.3) is 0 Å². The highest BCUT2D eigenvalue weighted by atomic mass is 16.2. The molecule has 2 aromatic heterocycles. The van der Waals surface area contributed by atoms with Gasteiger partial charge in [0.05, 0.1) is 23.6 Å². The highest BCUT2D eigenvalue weighted by Crippen LogP contribution is 2.28. The van der Waals surface area contributed by atoms with Crippen LogP contribution in [0.15, 0.2) is 67.3 Å². The molecule has 164 valence electrons. The van der Waals surface area contributed by atoms with Crippen molar-refractivity contribution >= 4 is 16.9 Å². The number of nitrogens with zero attached hydrogens (tertiary/aromatic N) is 4. The minimum atomic E-state index is 0.277. The molecule has 1 N–H and O–H groups in total. The number of piperidine rings is 1. The summed E-state index contributed by atoms with van der Waals surface area (Å²) in [4.78, 5) is 19.5. The summed E-state index contributed by atoms with van der Waals surface area (Å²) in [6.45, 7) is 3.98. The van der Waals surface area contributed by atoms with Crippen molar-refractivity contribution in [3.63, 3.8) is 0 Å². The van der Waals surface area contributed by atoms with Crippen LogP contribution in [-0.2, 0) is 17.8 Å². The van der Waals surface area contributed by atoms with Crippen molar-refractivity contribution in [2.75, 3.05) is 6.54 Å². The van der Waals surface area contributed by atoms with Crippen LogP contribution in [0.4, 0.5) is 0 Å². The number of hydrogen-bond donors (Lipinski definition) is 1. The predicted octanol–water partition coefficient (Wildman–Crippen LogP) is 4.69. The van der Waals surface area contributed by atoms with E-state index in [9.17, 15) is 4.79 Å². The Balaban J connectivity index is 1.19. The van der Waals surface area contributed by atoms with Gasteiger partial charge in [-0.3, -0.25) is 9.89 Å².